The number of nitrogens with zero attached hydrogens (tertiary/aromatic N) is 2. The molecule has 0 bridgehead atoms. The summed E-state index contributed by atoms with van der Waals surface area (Å²) in [5.41, 5.74) is 1.70. The number of aryl methyl sites for hydroxylation is 1. The van der Waals surface area contributed by atoms with Crippen molar-refractivity contribution in [1.29, 1.82) is 0 Å². The third kappa shape index (κ3) is 5.49. The Morgan fingerprint density at radius 2 is 2.13 bits per heavy atom. The first-order valence-corrected chi connectivity index (χ1v) is 10.2. The normalized spacial score (nSPS) is 20.6. The van der Waals surface area contributed by atoms with Crippen molar-refractivity contribution in [2.45, 2.75) is 45.1 Å². The molecule has 0 fully saturated rings. The van der Waals surface area contributed by atoms with E-state index in [4.69, 9.17) is 14.2 Å². The topological polar surface area (TPSA) is 74.6 Å². The summed E-state index contributed by atoms with van der Waals surface area (Å²) in [5.74, 6) is 1.35. The number of carbonyl (C=O) groups excluding carboxylic acids is 1. The fraction of sp³-hybridized carbons (Fsp3) is 0.524. The molecule has 2 atom stereocenters. The number of fused-ring (bicyclic) bond motifs is 2. The van der Waals surface area contributed by atoms with Gasteiger partial charge < -0.3 is 19.5 Å². The van der Waals surface area contributed by atoms with Gasteiger partial charge in [0.05, 0.1) is 19.3 Å². The molecule has 31 heavy (non-hydrogen) atoms. The minimum atomic E-state index is -4.36. The van der Waals surface area contributed by atoms with Gasteiger partial charge in [-0.2, -0.15) is 18.3 Å². The van der Waals surface area contributed by atoms with Crippen LogP contribution in [-0.2, 0) is 24.3 Å². The van der Waals surface area contributed by atoms with Crippen molar-refractivity contribution in [3.63, 3.8) is 0 Å². The van der Waals surface area contributed by atoms with E-state index in [-0.39, 0.29) is 24.2 Å². The molecule has 2 aliphatic rings. The average Bonchev–Trinajstić information content (AvgIpc) is 3.05. The van der Waals surface area contributed by atoms with Gasteiger partial charge in [-0.25, -0.2) is 4.68 Å². The summed E-state index contributed by atoms with van der Waals surface area (Å²) in [6, 6.07) is 6.49. The van der Waals surface area contributed by atoms with E-state index in [0.717, 1.165) is 12.0 Å². The molecule has 0 spiro atoms. The van der Waals surface area contributed by atoms with E-state index in [0.29, 0.717) is 49.3 Å². The summed E-state index contributed by atoms with van der Waals surface area (Å²) in [7, 11) is 0. The smallest absolute Gasteiger partial charge is 0.411 e. The highest BCUT2D eigenvalue weighted by Gasteiger charge is 2.28. The van der Waals surface area contributed by atoms with E-state index in [1.807, 2.05) is 0 Å². The molecule has 1 aromatic carbocycles. The fourth-order valence-electron chi connectivity index (χ4n) is 3.61. The second kappa shape index (κ2) is 8.78. The number of amides is 1. The van der Waals surface area contributed by atoms with Crippen molar-refractivity contribution in [3.05, 3.63) is 41.1 Å². The Morgan fingerprint density at radius 3 is 2.94 bits per heavy atom. The van der Waals surface area contributed by atoms with Crippen LogP contribution in [0.4, 0.5) is 13.2 Å². The van der Waals surface area contributed by atoms with Gasteiger partial charge in [0.25, 0.3) is 5.91 Å². The van der Waals surface area contributed by atoms with Gasteiger partial charge >= 0.3 is 6.18 Å². The lowest BCUT2D eigenvalue weighted by Gasteiger charge is -2.26. The summed E-state index contributed by atoms with van der Waals surface area (Å²) < 4.78 is 54.6. The zero-order valence-corrected chi connectivity index (χ0v) is 17.1. The number of hydrogen-bond acceptors (Lipinski definition) is 5. The molecular formula is C21H24F3N3O4. The van der Waals surface area contributed by atoms with Gasteiger partial charge in [-0.05, 0) is 42.0 Å². The predicted molar refractivity (Wildman–Crippen MR) is 104 cm³/mol. The summed E-state index contributed by atoms with van der Waals surface area (Å²) in [6.45, 7) is 2.25. The summed E-state index contributed by atoms with van der Waals surface area (Å²) in [4.78, 5) is 12.7. The van der Waals surface area contributed by atoms with Crippen LogP contribution in [0.3, 0.4) is 0 Å². The monoisotopic (exact) mass is 439 g/mol. The van der Waals surface area contributed by atoms with Crippen molar-refractivity contribution in [2.24, 2.45) is 5.92 Å². The number of rotatable bonds is 5. The van der Waals surface area contributed by atoms with Gasteiger partial charge in [0.2, 0.25) is 5.88 Å². The van der Waals surface area contributed by atoms with Gasteiger partial charge in [-0.3, -0.25) is 4.79 Å². The summed E-state index contributed by atoms with van der Waals surface area (Å²) in [6.07, 6.45) is -2.94. The minimum Gasteiger partial charge on any atom is -0.491 e. The Hall–Kier alpha value is -2.75. The Bertz CT molecular complexity index is 919. The number of carbonyl (C=O) groups is 1. The highest BCUT2D eigenvalue weighted by molar-refractivity contribution is 5.92. The molecule has 1 aromatic heterocycles. The van der Waals surface area contributed by atoms with E-state index in [1.165, 1.54) is 0 Å². The zero-order valence-electron chi connectivity index (χ0n) is 17.1. The van der Waals surface area contributed by atoms with Crippen LogP contribution in [-0.4, -0.2) is 47.7 Å². The zero-order chi connectivity index (χ0) is 22.0. The number of halogens is 3. The maximum atomic E-state index is 12.7. The summed E-state index contributed by atoms with van der Waals surface area (Å²) in [5, 5.41) is 7.27. The van der Waals surface area contributed by atoms with Crippen molar-refractivity contribution in [2.75, 3.05) is 19.8 Å². The molecule has 2 aromatic rings. The van der Waals surface area contributed by atoms with E-state index >= 15 is 0 Å². The number of benzene rings is 1. The molecule has 1 unspecified atom stereocenters. The molecule has 1 N–H and O–H groups in total. The predicted octanol–water partition coefficient (Wildman–Crippen LogP) is 3.11. The first kappa shape index (κ1) is 21.5. The van der Waals surface area contributed by atoms with E-state index in [2.05, 4.69) is 17.3 Å². The van der Waals surface area contributed by atoms with Crippen LogP contribution in [0.5, 0.6) is 11.6 Å². The van der Waals surface area contributed by atoms with Gasteiger partial charge in [0, 0.05) is 12.6 Å². The first-order valence-electron chi connectivity index (χ1n) is 10.2. The second-order valence-electron chi connectivity index (χ2n) is 8.03. The Morgan fingerprint density at radius 1 is 1.29 bits per heavy atom. The third-order valence-corrected chi connectivity index (χ3v) is 5.23. The SMILES string of the molecule is CC1CCn2nc(C(=O)N[C@H]3COc4ccc(COCC(F)(F)F)cc4C3)cc2OC1. The maximum absolute atomic E-state index is 12.7. The molecule has 3 heterocycles. The van der Waals surface area contributed by atoms with E-state index < -0.39 is 12.8 Å². The molecule has 1 amide bonds. The number of nitrogens with one attached hydrogen (secondary N) is 1. The highest BCUT2D eigenvalue weighted by Crippen LogP contribution is 2.27. The molecule has 0 aliphatic carbocycles. The molecule has 0 saturated carbocycles. The first-order chi connectivity index (χ1) is 14.8. The van der Waals surface area contributed by atoms with Crippen molar-refractivity contribution in [3.8, 4) is 11.6 Å². The molecule has 10 heteroatoms. The van der Waals surface area contributed by atoms with Crippen LogP contribution in [0.25, 0.3) is 0 Å². The van der Waals surface area contributed by atoms with E-state index in [9.17, 15) is 18.0 Å². The maximum Gasteiger partial charge on any atom is 0.411 e. The largest absolute Gasteiger partial charge is 0.491 e. The fourth-order valence-corrected chi connectivity index (χ4v) is 3.61. The molecule has 7 nitrogen and oxygen atoms in total. The number of alkyl halides is 3. The third-order valence-electron chi connectivity index (χ3n) is 5.23. The van der Waals surface area contributed by atoms with Gasteiger partial charge in [-0.1, -0.05) is 13.0 Å². The Kier molecular flexibility index (Phi) is 6.08. The highest BCUT2D eigenvalue weighted by atomic mass is 19.4. The van der Waals surface area contributed by atoms with Crippen LogP contribution in [0.1, 0.15) is 35.0 Å². The molecule has 2 aliphatic heterocycles. The minimum absolute atomic E-state index is 0.150. The Balaban J connectivity index is 1.36. The van der Waals surface area contributed by atoms with Crippen LogP contribution >= 0.6 is 0 Å². The lowest BCUT2D eigenvalue weighted by atomic mass is 10.0. The van der Waals surface area contributed by atoms with Crippen LogP contribution in [0.2, 0.25) is 0 Å². The van der Waals surface area contributed by atoms with Gasteiger partial charge in [0.15, 0.2) is 5.69 Å². The Labute approximate surface area is 177 Å². The molecule has 0 saturated heterocycles. The number of hydrogen-bond donors (Lipinski definition) is 1. The number of ether oxygens (including phenoxy) is 3. The quantitative estimate of drug-likeness (QED) is 0.775. The van der Waals surface area contributed by atoms with Gasteiger partial charge in [0.1, 0.15) is 19.0 Å². The number of aromatic nitrogens is 2. The van der Waals surface area contributed by atoms with Gasteiger partial charge in [-0.15, -0.1) is 0 Å². The van der Waals surface area contributed by atoms with Crippen molar-refractivity contribution >= 4 is 5.91 Å². The van der Waals surface area contributed by atoms with Crippen LogP contribution < -0.4 is 14.8 Å². The van der Waals surface area contributed by atoms with Crippen LogP contribution in [0.15, 0.2) is 24.3 Å². The van der Waals surface area contributed by atoms with E-state index in [1.54, 1.807) is 28.9 Å². The molecule has 4 rings (SSSR count). The van der Waals surface area contributed by atoms with Crippen molar-refractivity contribution in [1.82, 2.24) is 15.1 Å². The average molecular weight is 439 g/mol. The lowest BCUT2D eigenvalue weighted by molar-refractivity contribution is -0.176. The standard InChI is InChI=1S/C21H24F3N3O4/c1-13-4-5-27-19(31-9-13)8-17(26-27)20(28)25-16-7-15-6-14(2-3-18(15)30-11-16)10-29-12-21(22,23)24/h2-3,6,8,13,16H,4-5,7,9-12H2,1H3,(H,25,28)/t13?,16-/m1/s1. The lowest BCUT2D eigenvalue weighted by Crippen LogP contribution is -2.43. The molecular weight excluding hydrogens is 415 g/mol. The van der Waals surface area contributed by atoms with Crippen LogP contribution in [0, 0.1) is 5.92 Å². The van der Waals surface area contributed by atoms with Crippen molar-refractivity contribution < 1.29 is 32.2 Å². The molecule has 168 valence electrons. The molecule has 0 radical (unpaired) electrons. The summed E-state index contributed by atoms with van der Waals surface area (Å²) >= 11 is 0. The second-order valence-corrected chi connectivity index (χ2v) is 8.03.